The second-order valence-corrected chi connectivity index (χ2v) is 10.1. The van der Waals surface area contributed by atoms with Crippen LogP contribution in [0.15, 0.2) is 35.4 Å². The van der Waals surface area contributed by atoms with Gasteiger partial charge in [-0.05, 0) is 56.1 Å². The number of likely N-dealkylation sites (tertiary alicyclic amines) is 1. The number of nitrogens with zero attached hydrogens (tertiary/aromatic N) is 4. The fourth-order valence-corrected chi connectivity index (χ4v) is 5.56. The highest BCUT2D eigenvalue weighted by atomic mass is 32.2. The third-order valence-electron chi connectivity index (χ3n) is 6.58. The Balaban J connectivity index is 1.15. The molecule has 1 saturated heterocycles. The predicted molar refractivity (Wildman–Crippen MR) is 136 cm³/mol. The lowest BCUT2D eigenvalue weighted by atomic mass is 10.1. The molecule has 5 heterocycles. The summed E-state index contributed by atoms with van der Waals surface area (Å²) in [5.41, 5.74) is 4.29. The first-order chi connectivity index (χ1) is 17.0. The first kappa shape index (κ1) is 23.9. The quantitative estimate of drug-likeness (QED) is 0.435. The first-order valence-corrected chi connectivity index (χ1v) is 12.8. The van der Waals surface area contributed by atoms with Crippen molar-refractivity contribution in [1.29, 1.82) is 0 Å². The number of rotatable bonds is 8. The molecule has 9 nitrogen and oxygen atoms in total. The lowest BCUT2D eigenvalue weighted by Gasteiger charge is -2.21. The minimum atomic E-state index is -0.651. The fourth-order valence-electron chi connectivity index (χ4n) is 4.71. The van der Waals surface area contributed by atoms with Crippen molar-refractivity contribution in [2.75, 3.05) is 44.4 Å². The summed E-state index contributed by atoms with van der Waals surface area (Å²) in [6.07, 6.45) is 2.14. The van der Waals surface area contributed by atoms with Crippen molar-refractivity contribution in [3.8, 4) is 5.88 Å². The summed E-state index contributed by atoms with van der Waals surface area (Å²) in [5, 5.41) is 17.4. The van der Waals surface area contributed by atoms with Crippen molar-refractivity contribution < 1.29 is 14.6 Å². The zero-order valence-corrected chi connectivity index (χ0v) is 20.8. The van der Waals surface area contributed by atoms with E-state index in [1.807, 2.05) is 12.1 Å². The van der Waals surface area contributed by atoms with Gasteiger partial charge in [-0.3, -0.25) is 9.78 Å². The summed E-state index contributed by atoms with van der Waals surface area (Å²) >= 11 is 1.53. The molecule has 5 rings (SSSR count). The predicted octanol–water partition coefficient (Wildman–Crippen LogP) is 2.53. The molecule has 1 amide bonds. The summed E-state index contributed by atoms with van der Waals surface area (Å²) in [6, 6.07) is 7.58. The van der Waals surface area contributed by atoms with E-state index in [2.05, 4.69) is 43.5 Å². The molecule has 2 aliphatic heterocycles. The van der Waals surface area contributed by atoms with Gasteiger partial charge in [-0.1, -0.05) is 0 Å². The first-order valence-electron chi connectivity index (χ1n) is 11.8. The number of aliphatic hydroxyl groups is 1. The Morgan fingerprint density at radius 3 is 3.09 bits per heavy atom. The molecule has 1 fully saturated rings. The van der Waals surface area contributed by atoms with E-state index in [-0.39, 0.29) is 5.91 Å². The van der Waals surface area contributed by atoms with Crippen LogP contribution in [0.3, 0.4) is 0 Å². The van der Waals surface area contributed by atoms with Gasteiger partial charge in [0, 0.05) is 37.5 Å². The molecule has 2 aliphatic rings. The molecule has 10 heteroatoms. The van der Waals surface area contributed by atoms with Gasteiger partial charge in [-0.15, -0.1) is 11.8 Å². The Morgan fingerprint density at radius 1 is 1.34 bits per heavy atom. The molecule has 3 aromatic heterocycles. The van der Waals surface area contributed by atoms with E-state index in [9.17, 15) is 9.90 Å². The van der Waals surface area contributed by atoms with Crippen molar-refractivity contribution in [2.24, 2.45) is 5.92 Å². The summed E-state index contributed by atoms with van der Waals surface area (Å²) in [4.78, 5) is 28.6. The van der Waals surface area contributed by atoms with E-state index in [1.165, 1.54) is 11.8 Å². The topological polar surface area (TPSA) is 113 Å². The van der Waals surface area contributed by atoms with Crippen molar-refractivity contribution in [1.82, 2.24) is 25.2 Å². The number of hydrogen-bond acceptors (Lipinski definition) is 9. The van der Waals surface area contributed by atoms with Crippen molar-refractivity contribution in [2.45, 2.75) is 30.9 Å². The van der Waals surface area contributed by atoms with Gasteiger partial charge < -0.3 is 25.4 Å². The van der Waals surface area contributed by atoms with Crippen LogP contribution >= 0.6 is 11.8 Å². The molecule has 35 heavy (non-hydrogen) atoms. The maximum Gasteiger partial charge on any atom is 0.235 e. The number of amides is 1. The monoisotopic (exact) mass is 494 g/mol. The number of ether oxygens (including phenoxy) is 1. The lowest BCUT2D eigenvalue weighted by Crippen LogP contribution is -2.29. The van der Waals surface area contributed by atoms with E-state index in [0.29, 0.717) is 42.0 Å². The number of thioether (sulfide) groups is 1. The number of anilines is 1. The van der Waals surface area contributed by atoms with Crippen LogP contribution in [0, 0.1) is 12.8 Å². The zero-order valence-electron chi connectivity index (χ0n) is 20.0. The molecular formula is C25H30N6O3S. The summed E-state index contributed by atoms with van der Waals surface area (Å²) in [6.45, 7) is 6.03. The number of aliphatic hydroxyl groups excluding tert-OH is 1. The van der Waals surface area contributed by atoms with Crippen LogP contribution in [0.2, 0.25) is 0 Å². The Morgan fingerprint density at radius 2 is 2.23 bits per heavy atom. The number of nitrogens with one attached hydrogen (secondary N) is 2. The number of fused-ring (bicyclic) bond motifs is 2. The van der Waals surface area contributed by atoms with Crippen LogP contribution in [0.1, 0.15) is 29.3 Å². The van der Waals surface area contributed by atoms with Crippen LogP contribution < -0.4 is 15.4 Å². The molecular weight excluding hydrogens is 464 g/mol. The molecule has 0 unspecified atom stereocenters. The number of carbonyl (C=O) groups is 1. The smallest absolute Gasteiger partial charge is 0.235 e. The van der Waals surface area contributed by atoms with Crippen molar-refractivity contribution in [3.05, 3.63) is 47.3 Å². The van der Waals surface area contributed by atoms with Crippen LogP contribution in [0.5, 0.6) is 5.88 Å². The molecule has 3 N–H and O–H groups in total. The minimum absolute atomic E-state index is 0.000628. The lowest BCUT2D eigenvalue weighted by molar-refractivity contribution is -0.113. The Hall–Kier alpha value is -2.79. The van der Waals surface area contributed by atoms with Gasteiger partial charge in [-0.25, -0.2) is 9.97 Å². The van der Waals surface area contributed by atoms with Crippen LogP contribution in [0.25, 0.3) is 11.0 Å². The normalized spacial score (nSPS) is 18.9. The number of pyridine rings is 3. The van der Waals surface area contributed by atoms with E-state index >= 15 is 0 Å². The number of methoxy groups -OCH3 is 1. The number of aryl methyl sites for hydroxylation is 1. The zero-order chi connectivity index (χ0) is 24.4. The average molecular weight is 495 g/mol. The summed E-state index contributed by atoms with van der Waals surface area (Å²) in [5.74, 6) is 2.13. The van der Waals surface area contributed by atoms with Gasteiger partial charge in [0.2, 0.25) is 11.8 Å². The second-order valence-electron chi connectivity index (χ2n) is 9.12. The highest BCUT2D eigenvalue weighted by Crippen LogP contribution is 2.31. The maximum atomic E-state index is 11.7. The van der Waals surface area contributed by atoms with Gasteiger partial charge in [0.1, 0.15) is 5.82 Å². The molecule has 2 atom stereocenters. The Labute approximate surface area is 208 Å². The fraction of sp³-hybridized carbons (Fsp3) is 0.440. The molecule has 3 aromatic rings. The molecule has 0 spiro atoms. The van der Waals surface area contributed by atoms with E-state index < -0.39 is 6.10 Å². The number of β-amino-alcohol motifs (C(OH)–C–C–N with tert-alkyl or cyclic N) is 1. The van der Waals surface area contributed by atoms with Gasteiger partial charge in [0.05, 0.1) is 40.6 Å². The summed E-state index contributed by atoms with van der Waals surface area (Å²) in [7, 11) is 1.58. The molecule has 0 aliphatic carbocycles. The van der Waals surface area contributed by atoms with Crippen LogP contribution in [-0.2, 0) is 11.3 Å². The molecule has 0 saturated carbocycles. The number of hydrogen-bond donors (Lipinski definition) is 3. The Kier molecular flexibility index (Phi) is 7.14. The van der Waals surface area contributed by atoms with Crippen LogP contribution in [-0.4, -0.2) is 69.9 Å². The van der Waals surface area contributed by atoms with Crippen molar-refractivity contribution >= 4 is 34.5 Å². The SMILES string of the molecule is COc1ccc2nccc([C@H](O)CN3CC[C@H](CNCc4nc5c(cc4C)SCC(=O)N5)C3)c2n1. The van der Waals surface area contributed by atoms with Crippen molar-refractivity contribution in [3.63, 3.8) is 0 Å². The molecule has 0 radical (unpaired) electrons. The van der Waals surface area contributed by atoms with Gasteiger partial charge in [0.25, 0.3) is 0 Å². The van der Waals surface area contributed by atoms with E-state index in [1.54, 1.807) is 19.4 Å². The maximum absolute atomic E-state index is 11.7. The highest BCUT2D eigenvalue weighted by molar-refractivity contribution is 8.00. The Bertz CT molecular complexity index is 1240. The third kappa shape index (κ3) is 5.40. The van der Waals surface area contributed by atoms with Crippen LogP contribution in [0.4, 0.5) is 5.82 Å². The summed E-state index contributed by atoms with van der Waals surface area (Å²) < 4.78 is 5.25. The van der Waals surface area contributed by atoms with E-state index in [4.69, 9.17) is 4.74 Å². The second kappa shape index (κ2) is 10.4. The van der Waals surface area contributed by atoms with E-state index in [0.717, 1.165) is 53.3 Å². The minimum Gasteiger partial charge on any atom is -0.481 e. The standard InChI is InChI=1S/C25H30N6O3S/c1-15-9-21-25(29-22(33)14-35-21)28-19(15)11-26-10-16-6-8-31(12-16)13-20(32)17-5-7-27-18-3-4-23(34-2)30-24(17)18/h3-5,7,9,16,20,26,32H,6,8,10-14H2,1-2H3,(H,28,29,33)/t16-,20-/m1/s1. The van der Waals surface area contributed by atoms with Gasteiger partial charge in [-0.2, -0.15) is 0 Å². The third-order valence-corrected chi connectivity index (χ3v) is 7.61. The van der Waals surface area contributed by atoms with Gasteiger partial charge in [0.15, 0.2) is 0 Å². The largest absolute Gasteiger partial charge is 0.481 e. The molecule has 0 aromatic carbocycles. The van der Waals surface area contributed by atoms with Gasteiger partial charge >= 0.3 is 0 Å². The highest BCUT2D eigenvalue weighted by Gasteiger charge is 2.26. The molecule has 0 bridgehead atoms. The molecule has 184 valence electrons. The average Bonchev–Trinajstić information content (AvgIpc) is 3.30. The number of aromatic nitrogens is 3. The number of carbonyl (C=O) groups excluding carboxylic acids is 1.